The molecule has 13 heteroatoms. The van der Waals surface area contributed by atoms with Crippen molar-refractivity contribution in [2.75, 3.05) is 31.2 Å². The van der Waals surface area contributed by atoms with Gasteiger partial charge in [-0.25, -0.2) is 19.2 Å². The number of carbonyl (C=O) groups excluding carboxylic acids is 1. The molecule has 2 aliphatic rings. The molecule has 2 aromatic rings. The molecular formula is C20H21F4N5O4. The predicted molar refractivity (Wildman–Crippen MR) is 105 cm³/mol. The summed E-state index contributed by atoms with van der Waals surface area (Å²) in [5, 5.41) is 10.1. The van der Waals surface area contributed by atoms with Crippen LogP contribution < -0.4 is 10.2 Å². The number of alkyl halides is 3. The standard InChI is InChI=1S/C18H20FN5O2.C2HF3O2/c19-15-7-22-17(23-8-15)24-9-14-10-26-12-18(14,11-24)4-16(25)21-6-13-2-1-3-20-5-13;3-2(4,5)1(6)7/h1-3,5,7-8,14H,4,6,9-12H2,(H,21,25);(H,6,7)/t14-,18+;/m1./s1. The summed E-state index contributed by atoms with van der Waals surface area (Å²) in [5.41, 5.74) is 0.710. The monoisotopic (exact) mass is 471 g/mol. The van der Waals surface area contributed by atoms with Crippen LogP contribution >= 0.6 is 0 Å². The highest BCUT2D eigenvalue weighted by molar-refractivity contribution is 5.77. The van der Waals surface area contributed by atoms with E-state index < -0.39 is 18.0 Å². The number of nitrogens with one attached hydrogen (secondary N) is 1. The predicted octanol–water partition coefficient (Wildman–Crippen LogP) is 1.80. The first-order valence-electron chi connectivity index (χ1n) is 9.85. The molecule has 2 N–H and O–H groups in total. The van der Waals surface area contributed by atoms with Crippen molar-refractivity contribution >= 4 is 17.8 Å². The first-order valence-corrected chi connectivity index (χ1v) is 9.85. The van der Waals surface area contributed by atoms with Gasteiger partial charge in [-0.1, -0.05) is 6.07 Å². The molecule has 2 atom stereocenters. The molecule has 0 aromatic carbocycles. The summed E-state index contributed by atoms with van der Waals surface area (Å²) in [4.78, 5) is 35.6. The van der Waals surface area contributed by atoms with E-state index in [4.69, 9.17) is 14.6 Å². The van der Waals surface area contributed by atoms with Crippen molar-refractivity contribution in [3.63, 3.8) is 0 Å². The molecule has 4 heterocycles. The van der Waals surface area contributed by atoms with E-state index in [-0.39, 0.29) is 17.2 Å². The van der Waals surface area contributed by atoms with Crippen molar-refractivity contribution in [2.24, 2.45) is 11.3 Å². The Labute approximate surface area is 185 Å². The van der Waals surface area contributed by atoms with E-state index in [1.807, 2.05) is 17.0 Å². The Balaban J connectivity index is 0.000000383. The molecule has 178 valence electrons. The molecule has 0 saturated carbocycles. The fraction of sp³-hybridized carbons (Fsp3) is 0.450. The fourth-order valence-corrected chi connectivity index (χ4v) is 3.79. The third-order valence-electron chi connectivity index (χ3n) is 5.38. The van der Waals surface area contributed by atoms with Gasteiger partial charge >= 0.3 is 12.1 Å². The maximum absolute atomic E-state index is 13.1. The lowest BCUT2D eigenvalue weighted by molar-refractivity contribution is -0.192. The summed E-state index contributed by atoms with van der Waals surface area (Å²) in [7, 11) is 0. The number of aromatic nitrogens is 3. The molecule has 2 aliphatic heterocycles. The van der Waals surface area contributed by atoms with Crippen LogP contribution in [0.4, 0.5) is 23.5 Å². The minimum Gasteiger partial charge on any atom is -0.475 e. The van der Waals surface area contributed by atoms with E-state index in [9.17, 15) is 22.4 Å². The minimum absolute atomic E-state index is 0.00812. The van der Waals surface area contributed by atoms with Crippen LogP contribution in [0.2, 0.25) is 0 Å². The highest BCUT2D eigenvalue weighted by atomic mass is 19.4. The van der Waals surface area contributed by atoms with Crippen molar-refractivity contribution in [1.82, 2.24) is 20.3 Å². The Morgan fingerprint density at radius 2 is 1.97 bits per heavy atom. The van der Waals surface area contributed by atoms with Crippen LogP contribution in [0, 0.1) is 17.2 Å². The number of amides is 1. The summed E-state index contributed by atoms with van der Waals surface area (Å²) < 4.78 is 50.5. The smallest absolute Gasteiger partial charge is 0.475 e. The molecule has 2 aromatic heterocycles. The summed E-state index contributed by atoms with van der Waals surface area (Å²) in [6.07, 6.45) is 1.08. The lowest BCUT2D eigenvalue weighted by Crippen LogP contribution is -2.37. The number of ether oxygens (including phenoxy) is 1. The number of carboxylic acid groups (broad SMARTS) is 1. The van der Waals surface area contributed by atoms with Gasteiger partial charge in [-0.15, -0.1) is 0 Å². The van der Waals surface area contributed by atoms with E-state index in [2.05, 4.69) is 20.3 Å². The summed E-state index contributed by atoms with van der Waals surface area (Å²) >= 11 is 0. The highest BCUT2D eigenvalue weighted by Crippen LogP contribution is 2.44. The molecule has 9 nitrogen and oxygen atoms in total. The van der Waals surface area contributed by atoms with Crippen molar-refractivity contribution in [3.8, 4) is 0 Å². The number of rotatable bonds is 5. The summed E-state index contributed by atoms with van der Waals surface area (Å²) in [5.74, 6) is -2.49. The number of pyridine rings is 1. The molecule has 2 saturated heterocycles. The zero-order valence-electron chi connectivity index (χ0n) is 17.3. The van der Waals surface area contributed by atoms with Crippen molar-refractivity contribution < 1.29 is 37.0 Å². The van der Waals surface area contributed by atoms with Gasteiger partial charge in [0, 0.05) is 49.8 Å². The number of nitrogens with zero attached hydrogens (tertiary/aromatic N) is 4. The maximum atomic E-state index is 13.1. The van der Waals surface area contributed by atoms with E-state index in [0.717, 1.165) is 5.56 Å². The van der Waals surface area contributed by atoms with Gasteiger partial charge in [0.25, 0.3) is 0 Å². The first-order chi connectivity index (χ1) is 15.6. The zero-order chi connectivity index (χ0) is 24.1. The van der Waals surface area contributed by atoms with Crippen LogP contribution in [-0.4, -0.2) is 64.4 Å². The molecule has 0 unspecified atom stereocenters. The number of anilines is 1. The Morgan fingerprint density at radius 3 is 2.58 bits per heavy atom. The number of hydrogen-bond acceptors (Lipinski definition) is 7. The number of fused-ring (bicyclic) bond motifs is 1. The minimum atomic E-state index is -5.08. The Kier molecular flexibility index (Phi) is 7.41. The lowest BCUT2D eigenvalue weighted by Gasteiger charge is -2.26. The van der Waals surface area contributed by atoms with Crippen molar-refractivity contribution in [2.45, 2.75) is 19.1 Å². The van der Waals surface area contributed by atoms with Crippen molar-refractivity contribution in [3.05, 3.63) is 48.3 Å². The Morgan fingerprint density at radius 1 is 1.27 bits per heavy atom. The quantitative estimate of drug-likeness (QED) is 0.634. The molecule has 0 spiro atoms. The van der Waals surface area contributed by atoms with Crippen LogP contribution in [0.25, 0.3) is 0 Å². The van der Waals surface area contributed by atoms with Gasteiger partial charge in [-0.3, -0.25) is 9.78 Å². The third-order valence-corrected chi connectivity index (χ3v) is 5.38. The molecule has 0 aliphatic carbocycles. The second-order valence-electron chi connectivity index (χ2n) is 7.77. The zero-order valence-corrected chi connectivity index (χ0v) is 17.3. The van der Waals surface area contributed by atoms with Gasteiger partial charge in [0.2, 0.25) is 11.9 Å². The van der Waals surface area contributed by atoms with Gasteiger partial charge in [-0.05, 0) is 11.6 Å². The van der Waals surface area contributed by atoms with Crippen LogP contribution in [0.3, 0.4) is 0 Å². The average molecular weight is 471 g/mol. The lowest BCUT2D eigenvalue weighted by atomic mass is 9.78. The molecule has 33 heavy (non-hydrogen) atoms. The molecule has 0 bridgehead atoms. The average Bonchev–Trinajstić information content (AvgIpc) is 3.30. The first kappa shape index (κ1) is 24.3. The summed E-state index contributed by atoms with van der Waals surface area (Å²) in [6.45, 7) is 2.95. The number of halogens is 4. The molecule has 4 rings (SSSR count). The normalized spacial score (nSPS) is 21.7. The third kappa shape index (κ3) is 6.34. The van der Waals surface area contributed by atoms with Gasteiger partial charge in [-0.2, -0.15) is 13.2 Å². The summed E-state index contributed by atoms with van der Waals surface area (Å²) in [6, 6.07) is 3.77. The van der Waals surface area contributed by atoms with Gasteiger partial charge in [0.05, 0.1) is 25.6 Å². The van der Waals surface area contributed by atoms with Crippen LogP contribution in [0.1, 0.15) is 12.0 Å². The highest BCUT2D eigenvalue weighted by Gasteiger charge is 2.52. The van der Waals surface area contributed by atoms with Crippen molar-refractivity contribution in [1.29, 1.82) is 0 Å². The van der Waals surface area contributed by atoms with Crippen LogP contribution in [0.5, 0.6) is 0 Å². The fourth-order valence-electron chi connectivity index (χ4n) is 3.79. The van der Waals surface area contributed by atoms with E-state index >= 15 is 0 Å². The van der Waals surface area contributed by atoms with E-state index in [1.54, 1.807) is 12.4 Å². The van der Waals surface area contributed by atoms with Gasteiger partial charge < -0.3 is 20.1 Å². The van der Waals surface area contributed by atoms with Gasteiger partial charge in [0.15, 0.2) is 5.82 Å². The Bertz CT molecular complexity index is 961. The van der Waals surface area contributed by atoms with Crippen LogP contribution in [-0.2, 0) is 20.9 Å². The molecule has 0 radical (unpaired) electrons. The van der Waals surface area contributed by atoms with E-state index in [0.29, 0.717) is 45.2 Å². The van der Waals surface area contributed by atoms with Gasteiger partial charge in [0.1, 0.15) is 0 Å². The molecule has 2 fully saturated rings. The molecular weight excluding hydrogens is 450 g/mol. The SMILES string of the molecule is O=C(C[C@]12COC[C@H]1CN(c1ncc(F)cn1)C2)NCc1cccnc1.O=C(O)C(F)(F)F. The Hall–Kier alpha value is -3.35. The second-order valence-corrected chi connectivity index (χ2v) is 7.77. The number of hydrogen-bond donors (Lipinski definition) is 2. The van der Waals surface area contributed by atoms with E-state index in [1.165, 1.54) is 12.4 Å². The molecule has 1 amide bonds. The number of carbonyl (C=O) groups is 2. The number of carboxylic acids is 1. The number of aliphatic carboxylic acids is 1. The topological polar surface area (TPSA) is 118 Å². The largest absolute Gasteiger partial charge is 0.490 e. The second kappa shape index (κ2) is 10.1. The van der Waals surface area contributed by atoms with Crippen LogP contribution in [0.15, 0.2) is 36.9 Å². The maximum Gasteiger partial charge on any atom is 0.490 e.